The number of hydrogen-bond acceptors (Lipinski definition) is 8. The number of nitro groups is 1. The maximum Gasteiger partial charge on any atom is 0.405 e. The molecule has 0 saturated heterocycles. The molecule has 2 aromatic rings. The van der Waals surface area contributed by atoms with Crippen LogP contribution >= 0.6 is 22.6 Å². The first kappa shape index (κ1) is 24.5. The van der Waals surface area contributed by atoms with E-state index in [2.05, 4.69) is 4.74 Å². The van der Waals surface area contributed by atoms with Gasteiger partial charge in [-0.2, -0.15) is 17.2 Å². The minimum atomic E-state index is -5.93. The van der Waals surface area contributed by atoms with Crippen molar-refractivity contribution in [1.29, 1.82) is 0 Å². The predicted molar refractivity (Wildman–Crippen MR) is 109 cm³/mol. The highest BCUT2D eigenvalue weighted by molar-refractivity contribution is 14.1. The second-order valence-electron chi connectivity index (χ2n) is 5.92. The number of ether oxygens (including phenoxy) is 2. The molecule has 0 saturated carbocycles. The van der Waals surface area contributed by atoms with Gasteiger partial charge in [0.05, 0.1) is 10.5 Å². The number of carbonyl (C=O) groups is 2. The fraction of sp³-hybridized carbons (Fsp3) is 0.176. The van der Waals surface area contributed by atoms with Crippen LogP contribution < -0.4 is 4.74 Å². The van der Waals surface area contributed by atoms with Crippen LogP contribution in [-0.4, -0.2) is 41.2 Å². The molecule has 0 aromatic heterocycles. The number of alkyl halides is 2. The minimum Gasteiger partial charge on any atom is -0.451 e. The molecule has 14 heteroatoms. The van der Waals surface area contributed by atoms with E-state index in [-0.39, 0.29) is 11.3 Å². The number of halogens is 3. The van der Waals surface area contributed by atoms with Crippen LogP contribution in [-0.2, 0) is 14.9 Å². The van der Waals surface area contributed by atoms with Crippen molar-refractivity contribution in [3.8, 4) is 5.75 Å². The van der Waals surface area contributed by atoms with Gasteiger partial charge >= 0.3 is 27.3 Å². The highest BCUT2D eigenvalue weighted by Crippen LogP contribution is 2.30. The van der Waals surface area contributed by atoms with Crippen molar-refractivity contribution in [2.45, 2.75) is 18.3 Å². The summed E-state index contributed by atoms with van der Waals surface area (Å²) in [5, 5.41) is 6.30. The lowest BCUT2D eigenvalue weighted by molar-refractivity contribution is -0.385. The summed E-state index contributed by atoms with van der Waals surface area (Å²) < 4.78 is 67.4. The molecule has 0 spiro atoms. The zero-order valence-electron chi connectivity index (χ0n) is 15.3. The standard InChI is InChI=1S/C17H12F2INO9S/c1-9(17(18,19)31(26,27)28)29-16(23)13-8-12(5-6-14(13)21(24)25)30-15(22)10-3-2-4-11(20)7-10/h2-9H,1H3,(H,26,27,28). The van der Waals surface area contributed by atoms with Crippen LogP contribution in [0.2, 0.25) is 0 Å². The molecule has 0 fully saturated rings. The van der Waals surface area contributed by atoms with Crippen LogP contribution in [0.5, 0.6) is 5.75 Å². The zero-order chi connectivity index (χ0) is 23.6. The van der Waals surface area contributed by atoms with Gasteiger partial charge in [-0.15, -0.1) is 0 Å². The number of benzene rings is 2. The van der Waals surface area contributed by atoms with Crippen LogP contribution in [0.3, 0.4) is 0 Å². The quantitative estimate of drug-likeness (QED) is 0.132. The topological polar surface area (TPSA) is 150 Å². The largest absolute Gasteiger partial charge is 0.451 e. The molecule has 0 aliphatic rings. The van der Waals surface area contributed by atoms with Crippen molar-refractivity contribution in [2.24, 2.45) is 0 Å². The van der Waals surface area contributed by atoms with E-state index in [1.807, 2.05) is 22.6 Å². The molecule has 0 bridgehead atoms. The first-order chi connectivity index (χ1) is 14.2. The summed E-state index contributed by atoms with van der Waals surface area (Å²) in [4.78, 5) is 34.6. The van der Waals surface area contributed by atoms with Gasteiger partial charge in [0.1, 0.15) is 11.3 Å². The molecular weight excluding hydrogens is 559 g/mol. The van der Waals surface area contributed by atoms with Gasteiger partial charge in [0.2, 0.25) is 0 Å². The van der Waals surface area contributed by atoms with Crippen molar-refractivity contribution in [1.82, 2.24) is 0 Å². The molecule has 0 aliphatic heterocycles. The Morgan fingerprint density at radius 1 is 1.19 bits per heavy atom. The third kappa shape index (κ3) is 5.71. The van der Waals surface area contributed by atoms with Crippen molar-refractivity contribution < 1.29 is 45.7 Å². The highest BCUT2D eigenvalue weighted by atomic mass is 127. The lowest BCUT2D eigenvalue weighted by Gasteiger charge is -2.20. The van der Waals surface area contributed by atoms with Crippen molar-refractivity contribution in [2.75, 3.05) is 0 Å². The maximum absolute atomic E-state index is 13.6. The molecule has 1 atom stereocenters. The van der Waals surface area contributed by atoms with Crippen LogP contribution in [0.4, 0.5) is 14.5 Å². The second kappa shape index (κ2) is 9.19. The number of nitrogens with zero attached hydrogens (tertiary/aromatic N) is 1. The Kier molecular flexibility index (Phi) is 7.28. The normalized spacial score (nSPS) is 12.7. The molecule has 0 aliphatic carbocycles. The van der Waals surface area contributed by atoms with E-state index in [1.165, 1.54) is 12.1 Å². The van der Waals surface area contributed by atoms with E-state index < -0.39 is 49.6 Å². The summed E-state index contributed by atoms with van der Waals surface area (Å²) in [6.07, 6.45) is -2.69. The lowest BCUT2D eigenvalue weighted by Crippen LogP contribution is -2.42. The fourth-order valence-corrected chi connectivity index (χ4v) is 3.20. The summed E-state index contributed by atoms with van der Waals surface area (Å²) in [6.45, 7) is 0.471. The average molecular weight is 571 g/mol. The first-order valence-electron chi connectivity index (χ1n) is 8.06. The Hall–Kier alpha value is -2.72. The van der Waals surface area contributed by atoms with E-state index in [1.54, 1.807) is 12.1 Å². The Balaban J connectivity index is 2.34. The molecule has 1 unspecified atom stereocenters. The Bertz CT molecular complexity index is 1150. The highest BCUT2D eigenvalue weighted by Gasteiger charge is 2.52. The van der Waals surface area contributed by atoms with Crippen LogP contribution in [0.25, 0.3) is 0 Å². The van der Waals surface area contributed by atoms with E-state index in [9.17, 15) is 36.9 Å². The molecular formula is C17H12F2INO9S. The molecule has 0 radical (unpaired) electrons. The summed E-state index contributed by atoms with van der Waals surface area (Å²) in [5.74, 6) is -2.90. The Morgan fingerprint density at radius 2 is 1.84 bits per heavy atom. The van der Waals surface area contributed by atoms with Gasteiger partial charge in [-0.05, 0) is 53.8 Å². The third-order valence-electron chi connectivity index (χ3n) is 3.76. The van der Waals surface area contributed by atoms with Gasteiger partial charge in [-0.25, -0.2) is 9.59 Å². The van der Waals surface area contributed by atoms with Crippen LogP contribution in [0, 0.1) is 13.7 Å². The van der Waals surface area contributed by atoms with Gasteiger partial charge in [-0.1, -0.05) is 6.07 Å². The summed E-state index contributed by atoms with van der Waals surface area (Å²) >= 11 is 1.95. The number of nitro benzene ring substituents is 1. The monoisotopic (exact) mass is 571 g/mol. The molecule has 166 valence electrons. The van der Waals surface area contributed by atoms with Crippen molar-refractivity contribution in [3.63, 3.8) is 0 Å². The van der Waals surface area contributed by atoms with Crippen LogP contribution in [0.1, 0.15) is 27.6 Å². The summed E-state index contributed by atoms with van der Waals surface area (Å²) in [7, 11) is -5.93. The summed E-state index contributed by atoms with van der Waals surface area (Å²) in [6, 6.07) is 8.70. The molecule has 2 aromatic carbocycles. The molecule has 2 rings (SSSR count). The number of rotatable bonds is 7. The smallest absolute Gasteiger partial charge is 0.405 e. The van der Waals surface area contributed by atoms with Gasteiger partial charge in [-0.3, -0.25) is 14.7 Å². The van der Waals surface area contributed by atoms with Gasteiger partial charge in [0, 0.05) is 15.7 Å². The number of carbonyl (C=O) groups excluding carboxylic acids is 2. The predicted octanol–water partition coefficient (Wildman–Crippen LogP) is 3.44. The molecule has 0 amide bonds. The second-order valence-corrected chi connectivity index (χ2v) is 8.66. The molecule has 10 nitrogen and oxygen atoms in total. The molecule has 1 N–H and O–H groups in total. The van der Waals surface area contributed by atoms with E-state index in [4.69, 9.17) is 9.29 Å². The first-order valence-corrected chi connectivity index (χ1v) is 10.6. The molecule has 0 heterocycles. The van der Waals surface area contributed by atoms with E-state index in [0.29, 0.717) is 16.6 Å². The Labute approximate surface area is 187 Å². The SMILES string of the molecule is CC(OC(=O)c1cc(OC(=O)c2cccc(I)c2)ccc1[N+](=O)[O-])C(F)(F)S(=O)(=O)O. The van der Waals surface area contributed by atoms with Crippen LogP contribution in [0.15, 0.2) is 42.5 Å². The lowest BCUT2D eigenvalue weighted by atomic mass is 10.1. The van der Waals surface area contributed by atoms with Crippen molar-refractivity contribution >= 4 is 50.3 Å². The Morgan fingerprint density at radius 3 is 2.39 bits per heavy atom. The summed E-state index contributed by atoms with van der Waals surface area (Å²) in [5.41, 5.74) is -1.62. The third-order valence-corrected chi connectivity index (χ3v) is 5.45. The molecule has 31 heavy (non-hydrogen) atoms. The number of hydrogen-bond donors (Lipinski definition) is 1. The van der Waals surface area contributed by atoms with Gasteiger partial charge in [0.15, 0.2) is 6.10 Å². The van der Waals surface area contributed by atoms with E-state index >= 15 is 0 Å². The maximum atomic E-state index is 13.6. The zero-order valence-corrected chi connectivity index (χ0v) is 18.3. The fourth-order valence-electron chi connectivity index (χ4n) is 2.19. The van der Waals surface area contributed by atoms with E-state index in [0.717, 1.165) is 12.1 Å². The minimum absolute atomic E-state index is 0.135. The number of esters is 2. The van der Waals surface area contributed by atoms with Crippen molar-refractivity contribution in [3.05, 3.63) is 67.3 Å². The average Bonchev–Trinajstić information content (AvgIpc) is 2.66. The van der Waals surface area contributed by atoms with Gasteiger partial charge in [0.25, 0.3) is 5.69 Å². The van der Waals surface area contributed by atoms with Gasteiger partial charge < -0.3 is 9.47 Å².